The molecule has 0 radical (unpaired) electrons. The number of anilines is 2. The Hall–Kier alpha value is -5.36. The van der Waals surface area contributed by atoms with Crippen molar-refractivity contribution in [3.63, 3.8) is 0 Å². The molecule has 5 N–H and O–H groups in total. The monoisotopic (exact) mass is 545 g/mol. The minimum Gasteiger partial charge on any atom is -0.366 e. The fraction of sp³-hybridized carbons (Fsp3) is 0.0357. The van der Waals surface area contributed by atoms with Crippen molar-refractivity contribution >= 4 is 29.0 Å². The topological polar surface area (TPSA) is 140 Å². The van der Waals surface area contributed by atoms with Gasteiger partial charge in [-0.15, -0.1) is 10.2 Å². The molecule has 0 aliphatic carbocycles. The van der Waals surface area contributed by atoms with E-state index >= 15 is 0 Å². The molecule has 0 aliphatic rings. The van der Waals surface area contributed by atoms with Gasteiger partial charge in [-0.1, -0.05) is 36.9 Å². The van der Waals surface area contributed by atoms with Crippen LogP contribution in [0, 0.1) is 0 Å². The molecule has 12 heteroatoms. The number of pyridine rings is 1. The summed E-state index contributed by atoms with van der Waals surface area (Å²) in [6.07, 6.45) is -1.19. The van der Waals surface area contributed by atoms with Crippen molar-refractivity contribution in [2.24, 2.45) is 11.6 Å². The van der Waals surface area contributed by atoms with Crippen LogP contribution in [0.3, 0.4) is 0 Å². The van der Waals surface area contributed by atoms with Gasteiger partial charge in [0.25, 0.3) is 5.91 Å². The van der Waals surface area contributed by atoms with E-state index < -0.39 is 23.7 Å². The number of amides is 2. The highest BCUT2D eigenvalue weighted by Crippen LogP contribution is 2.32. The second-order valence-corrected chi connectivity index (χ2v) is 8.42. The van der Waals surface area contributed by atoms with E-state index in [-0.39, 0.29) is 17.2 Å². The summed E-state index contributed by atoms with van der Waals surface area (Å²) in [5, 5.41) is 10.4. The number of primary amides is 1. The van der Waals surface area contributed by atoms with Crippen LogP contribution in [-0.4, -0.2) is 33.2 Å². The van der Waals surface area contributed by atoms with E-state index in [1.54, 1.807) is 60.7 Å². The van der Waals surface area contributed by atoms with Gasteiger partial charge in [-0.05, 0) is 70.8 Å². The van der Waals surface area contributed by atoms with Crippen LogP contribution in [0.5, 0.6) is 0 Å². The van der Waals surface area contributed by atoms with Crippen LogP contribution in [-0.2, 0) is 0 Å². The van der Waals surface area contributed by atoms with E-state index in [0.29, 0.717) is 27.3 Å². The molecule has 0 aliphatic heterocycles. The molecule has 0 atom stereocenters. The molecule has 0 saturated heterocycles. The Kier molecular flexibility index (Phi) is 8.01. The molecule has 40 heavy (non-hydrogen) atoms. The molecule has 2 aromatic carbocycles. The Balaban J connectivity index is 1.49. The molecule has 0 saturated carbocycles. The molecule has 9 nitrogen and oxygen atoms in total. The summed E-state index contributed by atoms with van der Waals surface area (Å²) in [6, 6.07) is 18.8. The number of carbonyl (C=O) groups is 2. The quantitative estimate of drug-likeness (QED) is 0.165. The smallest absolute Gasteiger partial charge is 0.366 e. The zero-order valence-corrected chi connectivity index (χ0v) is 20.8. The van der Waals surface area contributed by atoms with Gasteiger partial charge < -0.3 is 11.1 Å². The lowest BCUT2D eigenvalue weighted by molar-refractivity contribution is -0.0934. The Labute approximate surface area is 226 Å². The van der Waals surface area contributed by atoms with E-state index in [1.807, 2.05) is 0 Å². The molecule has 0 fully saturated rings. The van der Waals surface area contributed by atoms with Crippen LogP contribution in [0.4, 0.5) is 24.8 Å². The van der Waals surface area contributed by atoms with Crippen molar-refractivity contribution in [3.05, 3.63) is 120 Å². The summed E-state index contributed by atoms with van der Waals surface area (Å²) in [5.74, 6) is 4.37. The third-order valence-corrected chi connectivity index (χ3v) is 5.66. The number of nitrogens with two attached hydrogens (primary N) is 2. The number of nitrogens with one attached hydrogen (secondary N) is 1. The first-order chi connectivity index (χ1) is 19.0. The number of aromatic nitrogens is 3. The lowest BCUT2D eigenvalue weighted by atomic mass is 10.0. The summed E-state index contributed by atoms with van der Waals surface area (Å²) in [7, 11) is 0. The summed E-state index contributed by atoms with van der Waals surface area (Å²) >= 11 is 0. The van der Waals surface area contributed by atoms with E-state index in [2.05, 4.69) is 27.1 Å². The largest absolute Gasteiger partial charge is 0.432 e. The number of benzene rings is 2. The van der Waals surface area contributed by atoms with E-state index in [9.17, 15) is 22.8 Å². The number of hydrogen-bond donors (Lipinski definition) is 3. The van der Waals surface area contributed by atoms with Crippen molar-refractivity contribution in [2.45, 2.75) is 6.18 Å². The van der Waals surface area contributed by atoms with Gasteiger partial charge in [0.2, 0.25) is 5.91 Å². The number of carbonyl (C=O) groups excluding carboxylic acids is 2. The second-order valence-electron chi connectivity index (χ2n) is 8.42. The average Bonchev–Trinajstić information content (AvgIpc) is 2.95. The molecule has 0 bridgehead atoms. The van der Waals surface area contributed by atoms with Gasteiger partial charge in [0.05, 0.1) is 0 Å². The Morgan fingerprint density at radius 2 is 1.62 bits per heavy atom. The van der Waals surface area contributed by atoms with Crippen LogP contribution in [0.15, 0.2) is 104 Å². The van der Waals surface area contributed by atoms with Crippen LogP contribution in [0.2, 0.25) is 0 Å². The van der Waals surface area contributed by atoms with E-state index in [1.165, 1.54) is 24.5 Å². The Morgan fingerprint density at radius 3 is 2.23 bits per heavy atom. The molecular formula is C28H22F3N7O2. The molecular weight excluding hydrogens is 523 g/mol. The molecule has 2 amide bonds. The van der Waals surface area contributed by atoms with Gasteiger partial charge in [-0.25, -0.2) is 5.84 Å². The molecule has 4 aromatic rings. The zero-order chi connectivity index (χ0) is 28.9. The minimum atomic E-state index is -4.83. The Bertz CT molecular complexity index is 1570. The maximum absolute atomic E-state index is 13.8. The van der Waals surface area contributed by atoms with Crippen molar-refractivity contribution in [3.8, 4) is 11.1 Å². The van der Waals surface area contributed by atoms with Crippen molar-refractivity contribution in [2.75, 3.05) is 10.3 Å². The number of hydrazine groups is 1. The van der Waals surface area contributed by atoms with E-state index in [0.717, 1.165) is 11.6 Å². The number of halogens is 3. The fourth-order valence-electron chi connectivity index (χ4n) is 3.59. The van der Waals surface area contributed by atoms with Crippen molar-refractivity contribution in [1.82, 2.24) is 15.2 Å². The lowest BCUT2D eigenvalue weighted by Gasteiger charge is -2.23. The standard InChI is InChI=1S/C28H22F3N7O2/c1-17(22-6-3-13-34-16-22)14-23(28(29,30)31)38(33)25-12-11-24(36-37-25)35-27(40)21-5-2-4-20(15-21)18-7-9-19(10-8-18)26(32)39/h2-16H,1,33H2,(H2,32,39)(H,35,36,40)/b23-14-. The van der Waals surface area contributed by atoms with Gasteiger partial charge in [-0.2, -0.15) is 13.2 Å². The summed E-state index contributed by atoms with van der Waals surface area (Å²) in [6.45, 7) is 3.67. The first kappa shape index (κ1) is 27.7. The van der Waals surface area contributed by atoms with E-state index in [4.69, 9.17) is 11.6 Å². The van der Waals surface area contributed by atoms with Crippen LogP contribution < -0.4 is 21.9 Å². The summed E-state index contributed by atoms with van der Waals surface area (Å²) in [4.78, 5) is 28.0. The maximum Gasteiger partial charge on any atom is 0.432 e. The highest BCUT2D eigenvalue weighted by molar-refractivity contribution is 6.04. The molecule has 202 valence electrons. The molecule has 2 aromatic heterocycles. The Morgan fingerprint density at radius 1 is 0.900 bits per heavy atom. The van der Waals surface area contributed by atoms with Gasteiger partial charge in [-0.3, -0.25) is 19.6 Å². The summed E-state index contributed by atoms with van der Waals surface area (Å²) in [5.41, 5.74) is 6.58. The first-order valence-electron chi connectivity index (χ1n) is 11.6. The van der Waals surface area contributed by atoms with Crippen LogP contribution in [0.25, 0.3) is 16.7 Å². The van der Waals surface area contributed by atoms with Crippen molar-refractivity contribution in [1.29, 1.82) is 0 Å². The predicted molar refractivity (Wildman–Crippen MR) is 144 cm³/mol. The third kappa shape index (κ3) is 6.55. The van der Waals surface area contributed by atoms with Gasteiger partial charge >= 0.3 is 6.18 Å². The normalized spacial score (nSPS) is 11.6. The second kappa shape index (κ2) is 11.6. The van der Waals surface area contributed by atoms with Crippen LogP contribution >= 0.6 is 0 Å². The highest BCUT2D eigenvalue weighted by atomic mass is 19.4. The SMILES string of the molecule is C=C(/C=C(\N(N)c1ccc(NC(=O)c2cccc(-c3ccc(C(N)=O)cc3)c2)nn1)C(F)(F)F)c1cccnc1. The molecule has 2 heterocycles. The predicted octanol–water partition coefficient (Wildman–Crippen LogP) is 4.73. The first-order valence-corrected chi connectivity index (χ1v) is 11.6. The van der Waals surface area contributed by atoms with Crippen LogP contribution in [0.1, 0.15) is 26.3 Å². The lowest BCUT2D eigenvalue weighted by Crippen LogP contribution is -2.38. The number of nitrogens with zero attached hydrogens (tertiary/aromatic N) is 4. The number of alkyl halides is 3. The number of rotatable bonds is 8. The number of hydrogen-bond acceptors (Lipinski definition) is 7. The van der Waals surface area contributed by atoms with Crippen molar-refractivity contribution < 1.29 is 22.8 Å². The third-order valence-electron chi connectivity index (χ3n) is 5.66. The molecule has 0 unspecified atom stereocenters. The minimum absolute atomic E-state index is 0.00401. The molecule has 4 rings (SSSR count). The highest BCUT2D eigenvalue weighted by Gasteiger charge is 2.38. The fourth-order valence-corrected chi connectivity index (χ4v) is 3.59. The summed E-state index contributed by atoms with van der Waals surface area (Å²) < 4.78 is 41.4. The van der Waals surface area contributed by atoms with Gasteiger partial charge in [0, 0.05) is 23.5 Å². The molecule has 0 spiro atoms. The number of allylic oxidation sites excluding steroid dienone is 3. The average molecular weight is 546 g/mol. The van der Waals surface area contributed by atoms with Gasteiger partial charge in [0.1, 0.15) is 5.70 Å². The zero-order valence-electron chi connectivity index (χ0n) is 20.8. The van der Waals surface area contributed by atoms with Gasteiger partial charge in [0.15, 0.2) is 11.6 Å². The maximum atomic E-state index is 13.8.